The lowest BCUT2D eigenvalue weighted by Gasteiger charge is -2.23. The molecule has 0 unspecified atom stereocenters. The third kappa shape index (κ3) is 4.18. The first kappa shape index (κ1) is 11.8. The van der Waals surface area contributed by atoms with Gasteiger partial charge >= 0.3 is 0 Å². The molecule has 0 aromatic heterocycles. The quantitative estimate of drug-likeness (QED) is 0.556. The summed E-state index contributed by atoms with van der Waals surface area (Å²) in [5.41, 5.74) is 1.07. The van der Waals surface area contributed by atoms with Gasteiger partial charge in [-0.3, -0.25) is 4.79 Å². The Morgan fingerprint density at radius 1 is 1.53 bits per heavy atom. The van der Waals surface area contributed by atoms with Gasteiger partial charge in [0.1, 0.15) is 0 Å². The number of rotatable bonds is 3. The standard InChI is InChI=1S/C12H17NO2/c1-3-4-12(14)13-9-10(2)11-5-7-15-8-6-11/h11H,2,5-9H2,1H3,(H,13,14). The van der Waals surface area contributed by atoms with Crippen molar-refractivity contribution in [2.45, 2.75) is 19.8 Å². The van der Waals surface area contributed by atoms with Gasteiger partial charge < -0.3 is 10.1 Å². The molecule has 0 aliphatic carbocycles. The Labute approximate surface area is 90.9 Å². The van der Waals surface area contributed by atoms with E-state index >= 15 is 0 Å². The highest BCUT2D eigenvalue weighted by Crippen LogP contribution is 2.21. The largest absolute Gasteiger partial charge is 0.381 e. The summed E-state index contributed by atoms with van der Waals surface area (Å²) in [5.74, 6) is 5.25. The summed E-state index contributed by atoms with van der Waals surface area (Å²) in [6, 6.07) is 0. The molecule has 0 atom stereocenters. The van der Waals surface area contributed by atoms with E-state index in [0.29, 0.717) is 12.5 Å². The van der Waals surface area contributed by atoms with E-state index < -0.39 is 0 Å². The topological polar surface area (TPSA) is 38.3 Å². The van der Waals surface area contributed by atoms with E-state index in [-0.39, 0.29) is 5.91 Å². The van der Waals surface area contributed by atoms with Crippen LogP contribution < -0.4 is 5.32 Å². The van der Waals surface area contributed by atoms with E-state index in [1.807, 2.05) is 0 Å². The van der Waals surface area contributed by atoms with Crippen molar-refractivity contribution in [3.8, 4) is 11.8 Å². The zero-order valence-corrected chi connectivity index (χ0v) is 9.14. The van der Waals surface area contributed by atoms with Gasteiger partial charge in [0, 0.05) is 19.8 Å². The smallest absolute Gasteiger partial charge is 0.296 e. The maximum Gasteiger partial charge on any atom is 0.296 e. The highest BCUT2D eigenvalue weighted by Gasteiger charge is 2.16. The molecular weight excluding hydrogens is 190 g/mol. The lowest BCUT2D eigenvalue weighted by atomic mass is 9.92. The summed E-state index contributed by atoms with van der Waals surface area (Å²) in [4.78, 5) is 11.1. The Morgan fingerprint density at radius 3 is 2.80 bits per heavy atom. The Kier molecular flexibility index (Phi) is 4.92. The van der Waals surface area contributed by atoms with Crippen molar-refractivity contribution in [3.05, 3.63) is 12.2 Å². The lowest BCUT2D eigenvalue weighted by molar-refractivity contribution is -0.115. The van der Waals surface area contributed by atoms with Crippen LogP contribution in [0, 0.1) is 17.8 Å². The van der Waals surface area contributed by atoms with Crippen molar-refractivity contribution < 1.29 is 9.53 Å². The Bertz CT molecular complexity index is 292. The normalized spacial score (nSPS) is 16.3. The monoisotopic (exact) mass is 207 g/mol. The predicted molar refractivity (Wildman–Crippen MR) is 59.1 cm³/mol. The minimum atomic E-state index is -0.231. The molecule has 1 rings (SSSR count). The Morgan fingerprint density at radius 2 is 2.20 bits per heavy atom. The van der Waals surface area contributed by atoms with Crippen molar-refractivity contribution in [1.82, 2.24) is 5.32 Å². The predicted octanol–water partition coefficient (Wildman–Crippen LogP) is 1.11. The minimum absolute atomic E-state index is 0.231. The van der Waals surface area contributed by atoms with E-state index in [0.717, 1.165) is 31.6 Å². The number of ether oxygens (including phenoxy) is 1. The maximum absolute atomic E-state index is 11.1. The number of hydrogen-bond donors (Lipinski definition) is 1. The van der Waals surface area contributed by atoms with Gasteiger partial charge in [0.25, 0.3) is 5.91 Å². The molecule has 1 saturated heterocycles. The molecule has 1 fully saturated rings. The summed E-state index contributed by atoms with van der Waals surface area (Å²) in [6.07, 6.45) is 2.02. The first-order valence-electron chi connectivity index (χ1n) is 5.20. The molecule has 0 aromatic carbocycles. The Hall–Kier alpha value is -1.27. The van der Waals surface area contributed by atoms with Gasteiger partial charge in [-0.1, -0.05) is 18.1 Å². The molecule has 0 radical (unpaired) electrons. The van der Waals surface area contributed by atoms with Crippen LogP contribution in [0.25, 0.3) is 0 Å². The van der Waals surface area contributed by atoms with Crippen LogP contribution in [0.15, 0.2) is 12.2 Å². The summed E-state index contributed by atoms with van der Waals surface area (Å²) < 4.78 is 5.26. The third-order valence-corrected chi connectivity index (χ3v) is 2.51. The fraction of sp³-hybridized carbons (Fsp3) is 0.583. The fourth-order valence-corrected chi connectivity index (χ4v) is 1.60. The second-order valence-corrected chi connectivity index (χ2v) is 3.60. The molecule has 0 bridgehead atoms. The molecule has 0 saturated carbocycles. The molecule has 82 valence electrons. The van der Waals surface area contributed by atoms with Gasteiger partial charge in [0.05, 0.1) is 0 Å². The number of carbonyl (C=O) groups is 1. The van der Waals surface area contributed by atoms with Crippen LogP contribution in [-0.2, 0) is 9.53 Å². The second-order valence-electron chi connectivity index (χ2n) is 3.60. The van der Waals surface area contributed by atoms with Crippen LogP contribution >= 0.6 is 0 Å². The molecular formula is C12H17NO2. The third-order valence-electron chi connectivity index (χ3n) is 2.51. The van der Waals surface area contributed by atoms with Crippen molar-refractivity contribution in [2.24, 2.45) is 5.92 Å². The van der Waals surface area contributed by atoms with Crippen molar-refractivity contribution >= 4 is 5.91 Å². The first-order valence-corrected chi connectivity index (χ1v) is 5.20. The van der Waals surface area contributed by atoms with Crippen LogP contribution in [0.1, 0.15) is 19.8 Å². The van der Waals surface area contributed by atoms with Crippen LogP contribution in [-0.4, -0.2) is 25.7 Å². The molecule has 15 heavy (non-hydrogen) atoms. The molecule has 0 spiro atoms. The number of nitrogens with one attached hydrogen (secondary N) is 1. The van der Waals surface area contributed by atoms with Crippen molar-refractivity contribution in [3.63, 3.8) is 0 Å². The molecule has 3 heteroatoms. The van der Waals surface area contributed by atoms with E-state index in [9.17, 15) is 4.79 Å². The Balaban J connectivity index is 2.27. The average molecular weight is 207 g/mol. The summed E-state index contributed by atoms with van der Waals surface area (Å²) >= 11 is 0. The van der Waals surface area contributed by atoms with E-state index in [4.69, 9.17) is 4.74 Å². The van der Waals surface area contributed by atoms with Crippen LogP contribution in [0.4, 0.5) is 0 Å². The maximum atomic E-state index is 11.1. The average Bonchev–Trinajstić information content (AvgIpc) is 2.27. The van der Waals surface area contributed by atoms with Crippen molar-refractivity contribution in [2.75, 3.05) is 19.8 Å². The highest BCUT2D eigenvalue weighted by molar-refractivity contribution is 5.93. The highest BCUT2D eigenvalue weighted by atomic mass is 16.5. The molecule has 1 heterocycles. The van der Waals surface area contributed by atoms with E-state index in [2.05, 4.69) is 23.7 Å². The van der Waals surface area contributed by atoms with E-state index in [1.165, 1.54) is 0 Å². The summed E-state index contributed by atoms with van der Waals surface area (Å²) in [6.45, 7) is 7.76. The molecule has 0 aromatic rings. The zero-order chi connectivity index (χ0) is 11.1. The van der Waals surface area contributed by atoms with Gasteiger partial charge in [0.2, 0.25) is 0 Å². The summed E-state index contributed by atoms with van der Waals surface area (Å²) in [7, 11) is 0. The van der Waals surface area contributed by atoms with Gasteiger partial charge in [0.15, 0.2) is 0 Å². The van der Waals surface area contributed by atoms with Gasteiger partial charge in [-0.2, -0.15) is 0 Å². The molecule has 1 N–H and O–H groups in total. The van der Waals surface area contributed by atoms with Gasteiger partial charge in [-0.05, 0) is 31.6 Å². The second kappa shape index (κ2) is 6.26. The van der Waals surface area contributed by atoms with E-state index in [1.54, 1.807) is 6.92 Å². The zero-order valence-electron chi connectivity index (χ0n) is 9.14. The van der Waals surface area contributed by atoms with Gasteiger partial charge in [-0.25, -0.2) is 0 Å². The lowest BCUT2D eigenvalue weighted by Crippen LogP contribution is -2.28. The minimum Gasteiger partial charge on any atom is -0.381 e. The molecule has 1 aliphatic heterocycles. The molecule has 1 aliphatic rings. The number of amides is 1. The molecule has 3 nitrogen and oxygen atoms in total. The first-order chi connectivity index (χ1) is 7.24. The number of carbonyl (C=O) groups excluding carboxylic acids is 1. The van der Waals surface area contributed by atoms with Crippen LogP contribution in [0.5, 0.6) is 0 Å². The SMILES string of the molecule is C=C(CNC(=O)C#CC)C1CCOCC1. The van der Waals surface area contributed by atoms with Gasteiger partial charge in [-0.15, -0.1) is 0 Å². The summed E-state index contributed by atoms with van der Waals surface area (Å²) in [5, 5.41) is 2.73. The fourth-order valence-electron chi connectivity index (χ4n) is 1.60. The number of hydrogen-bond acceptors (Lipinski definition) is 2. The van der Waals surface area contributed by atoms with Crippen LogP contribution in [0.2, 0.25) is 0 Å². The van der Waals surface area contributed by atoms with Crippen LogP contribution in [0.3, 0.4) is 0 Å². The molecule has 1 amide bonds. The van der Waals surface area contributed by atoms with Crippen molar-refractivity contribution in [1.29, 1.82) is 0 Å².